The molecule has 0 radical (unpaired) electrons. The van der Waals surface area contributed by atoms with E-state index in [0.717, 1.165) is 0 Å². The van der Waals surface area contributed by atoms with Gasteiger partial charge in [-0.2, -0.15) is 0 Å². The lowest BCUT2D eigenvalue weighted by molar-refractivity contribution is 0.334. The Balaban J connectivity index is 2.44. The van der Waals surface area contributed by atoms with Gasteiger partial charge in [0.2, 0.25) is 28.4 Å². The van der Waals surface area contributed by atoms with Gasteiger partial charge in [0.25, 0.3) is 0 Å². The second kappa shape index (κ2) is 6.40. The summed E-state index contributed by atoms with van der Waals surface area (Å²) in [5.41, 5.74) is -0.460. The Morgan fingerprint density at radius 3 is 1.96 bits per heavy atom. The van der Waals surface area contributed by atoms with E-state index < -0.39 is 22.7 Å². The summed E-state index contributed by atoms with van der Waals surface area (Å²) in [5.74, 6) is -2.25. The molecular formula is C18H16O8. The van der Waals surface area contributed by atoms with Crippen LogP contribution in [0.1, 0.15) is 0 Å². The lowest BCUT2D eigenvalue weighted by Gasteiger charge is -2.14. The molecule has 0 saturated heterocycles. The van der Waals surface area contributed by atoms with E-state index >= 15 is 0 Å². The maximum Gasteiger partial charge on any atom is 0.239 e. The number of methoxy groups -OCH3 is 3. The van der Waals surface area contributed by atoms with Gasteiger partial charge in [-0.1, -0.05) is 0 Å². The van der Waals surface area contributed by atoms with E-state index in [1.165, 1.54) is 21.3 Å². The number of phenolic OH excluding ortho intramolecular Hbond substituents is 3. The largest absolute Gasteiger partial charge is 0.504 e. The molecule has 8 heteroatoms. The molecule has 0 spiro atoms. The molecule has 26 heavy (non-hydrogen) atoms. The number of hydrogen-bond donors (Lipinski definition) is 3. The van der Waals surface area contributed by atoms with Crippen molar-refractivity contribution in [1.29, 1.82) is 0 Å². The van der Waals surface area contributed by atoms with E-state index in [-0.39, 0.29) is 28.2 Å². The molecule has 136 valence electrons. The van der Waals surface area contributed by atoms with Gasteiger partial charge in [-0.3, -0.25) is 4.79 Å². The Kier molecular flexibility index (Phi) is 4.25. The molecule has 0 unspecified atom stereocenters. The molecule has 0 atom stereocenters. The molecule has 0 aliphatic rings. The van der Waals surface area contributed by atoms with Gasteiger partial charge >= 0.3 is 0 Å². The minimum atomic E-state index is -0.888. The van der Waals surface area contributed by atoms with E-state index in [9.17, 15) is 20.1 Å². The van der Waals surface area contributed by atoms with Crippen molar-refractivity contribution in [3.8, 4) is 45.8 Å². The molecule has 0 aliphatic carbocycles. The van der Waals surface area contributed by atoms with E-state index in [1.807, 2.05) is 0 Å². The normalized spacial score (nSPS) is 10.7. The first-order valence-corrected chi connectivity index (χ1v) is 7.44. The van der Waals surface area contributed by atoms with E-state index in [0.29, 0.717) is 11.3 Å². The van der Waals surface area contributed by atoms with E-state index in [2.05, 4.69) is 0 Å². The van der Waals surface area contributed by atoms with Crippen LogP contribution in [0.15, 0.2) is 33.5 Å². The van der Waals surface area contributed by atoms with Crippen LogP contribution < -0.4 is 19.6 Å². The number of rotatable bonds is 4. The maximum atomic E-state index is 12.8. The zero-order valence-corrected chi connectivity index (χ0v) is 14.2. The summed E-state index contributed by atoms with van der Waals surface area (Å²) in [6, 6.07) is 6.64. The fourth-order valence-electron chi connectivity index (χ4n) is 2.65. The number of fused-ring (bicyclic) bond motifs is 1. The minimum Gasteiger partial charge on any atom is -0.504 e. The van der Waals surface area contributed by atoms with Crippen LogP contribution >= 0.6 is 0 Å². The highest BCUT2D eigenvalue weighted by molar-refractivity contribution is 5.96. The molecular weight excluding hydrogens is 344 g/mol. The third-order valence-electron chi connectivity index (χ3n) is 3.94. The van der Waals surface area contributed by atoms with Crippen molar-refractivity contribution in [2.45, 2.75) is 0 Å². The fourth-order valence-corrected chi connectivity index (χ4v) is 2.65. The molecule has 3 N–H and O–H groups in total. The van der Waals surface area contributed by atoms with Gasteiger partial charge in [-0.05, 0) is 24.3 Å². The van der Waals surface area contributed by atoms with Crippen LogP contribution in [0.3, 0.4) is 0 Å². The standard InChI is InChI=1S/C18H16O8/c1-23-9-6-4-8(5-7-9)15-17(24-2)12(20)10-11(19)13(21)14(22)18(25-3)16(10)26-15/h4-7,19,21-22H,1-3H3. The number of hydrogen-bond acceptors (Lipinski definition) is 8. The Labute approximate surface area is 147 Å². The molecule has 0 fully saturated rings. The Hall–Kier alpha value is -3.55. The summed E-state index contributed by atoms with van der Waals surface area (Å²) in [7, 11) is 4.02. The molecule has 0 saturated carbocycles. The average molecular weight is 360 g/mol. The summed E-state index contributed by atoms with van der Waals surface area (Å²) in [6.07, 6.45) is 0. The third-order valence-corrected chi connectivity index (χ3v) is 3.94. The zero-order valence-electron chi connectivity index (χ0n) is 14.2. The molecule has 2 aromatic carbocycles. The van der Waals surface area contributed by atoms with Crippen LogP contribution in [0.2, 0.25) is 0 Å². The van der Waals surface area contributed by atoms with Gasteiger partial charge in [0.05, 0.1) is 21.3 Å². The summed E-state index contributed by atoms with van der Waals surface area (Å²) >= 11 is 0. The number of phenols is 3. The van der Waals surface area contributed by atoms with Gasteiger partial charge in [0.15, 0.2) is 17.1 Å². The van der Waals surface area contributed by atoms with Crippen LogP contribution in [0.25, 0.3) is 22.3 Å². The van der Waals surface area contributed by atoms with Crippen molar-refractivity contribution in [2.75, 3.05) is 21.3 Å². The molecule has 0 bridgehead atoms. The molecule has 3 rings (SSSR count). The zero-order chi connectivity index (χ0) is 19.0. The molecule has 8 nitrogen and oxygen atoms in total. The minimum absolute atomic E-state index is 0.0652. The topological polar surface area (TPSA) is 119 Å². The molecule has 0 amide bonds. The van der Waals surface area contributed by atoms with Crippen LogP contribution in [-0.2, 0) is 0 Å². The van der Waals surface area contributed by atoms with Crippen LogP contribution in [-0.4, -0.2) is 36.6 Å². The van der Waals surface area contributed by atoms with Crippen molar-refractivity contribution in [2.24, 2.45) is 0 Å². The van der Waals surface area contributed by atoms with Gasteiger partial charge in [0.1, 0.15) is 11.1 Å². The predicted octanol–water partition coefficient (Wildman–Crippen LogP) is 2.60. The van der Waals surface area contributed by atoms with Crippen LogP contribution in [0, 0.1) is 0 Å². The number of ether oxygens (including phenoxy) is 3. The van der Waals surface area contributed by atoms with Crippen molar-refractivity contribution >= 4 is 11.0 Å². The summed E-state index contributed by atoms with van der Waals surface area (Å²) in [5, 5.41) is 29.5. The third kappa shape index (κ3) is 2.43. The van der Waals surface area contributed by atoms with Crippen LogP contribution in [0.4, 0.5) is 0 Å². The number of aromatic hydroxyl groups is 3. The molecule has 1 heterocycles. The summed E-state index contributed by atoms with van der Waals surface area (Å²) in [6.45, 7) is 0. The fraction of sp³-hybridized carbons (Fsp3) is 0.167. The SMILES string of the molecule is COc1ccc(-c2oc3c(OC)c(O)c(O)c(O)c3c(=O)c2OC)cc1. The molecule has 0 aliphatic heterocycles. The summed E-state index contributed by atoms with van der Waals surface area (Å²) in [4.78, 5) is 12.8. The molecule has 1 aromatic heterocycles. The average Bonchev–Trinajstić information content (AvgIpc) is 2.66. The highest BCUT2D eigenvalue weighted by Crippen LogP contribution is 2.49. The lowest BCUT2D eigenvalue weighted by Crippen LogP contribution is -2.08. The van der Waals surface area contributed by atoms with Crippen LogP contribution in [0.5, 0.6) is 34.5 Å². The summed E-state index contributed by atoms with van der Waals surface area (Å²) < 4.78 is 21.0. The Bertz CT molecular complexity index is 1030. The first-order chi connectivity index (χ1) is 12.4. The van der Waals surface area contributed by atoms with Gasteiger partial charge < -0.3 is 33.9 Å². The van der Waals surface area contributed by atoms with Gasteiger partial charge in [-0.25, -0.2) is 0 Å². The maximum absolute atomic E-state index is 12.8. The van der Waals surface area contributed by atoms with Gasteiger partial charge in [-0.15, -0.1) is 0 Å². The first kappa shape index (κ1) is 17.3. The van der Waals surface area contributed by atoms with E-state index in [4.69, 9.17) is 18.6 Å². The highest BCUT2D eigenvalue weighted by atomic mass is 16.5. The quantitative estimate of drug-likeness (QED) is 0.608. The van der Waals surface area contributed by atoms with Crippen molar-refractivity contribution in [3.63, 3.8) is 0 Å². The second-order valence-corrected chi connectivity index (χ2v) is 5.31. The lowest BCUT2D eigenvalue weighted by atomic mass is 10.1. The van der Waals surface area contributed by atoms with Gasteiger partial charge in [0, 0.05) is 5.56 Å². The number of benzene rings is 2. The monoisotopic (exact) mass is 360 g/mol. The Morgan fingerprint density at radius 1 is 0.808 bits per heavy atom. The van der Waals surface area contributed by atoms with Crippen molar-refractivity contribution in [3.05, 3.63) is 34.5 Å². The predicted molar refractivity (Wildman–Crippen MR) is 92.6 cm³/mol. The smallest absolute Gasteiger partial charge is 0.239 e. The molecule has 3 aromatic rings. The van der Waals surface area contributed by atoms with Crippen molar-refractivity contribution < 1.29 is 33.9 Å². The van der Waals surface area contributed by atoms with E-state index in [1.54, 1.807) is 24.3 Å². The second-order valence-electron chi connectivity index (χ2n) is 5.31. The van der Waals surface area contributed by atoms with Crippen molar-refractivity contribution in [1.82, 2.24) is 0 Å². The Morgan fingerprint density at radius 2 is 1.42 bits per heavy atom. The first-order valence-electron chi connectivity index (χ1n) is 7.44. The highest BCUT2D eigenvalue weighted by Gasteiger charge is 2.27.